The zero-order chi connectivity index (χ0) is 24.2. The minimum Gasteiger partial charge on any atom is -0.481 e. The van der Waals surface area contributed by atoms with Gasteiger partial charge >= 0.3 is 12.1 Å². The van der Waals surface area contributed by atoms with Gasteiger partial charge in [0.15, 0.2) is 0 Å². The number of carboxylic acids is 1. The second kappa shape index (κ2) is 10.3. The van der Waals surface area contributed by atoms with E-state index in [2.05, 4.69) is 34.9 Å². The van der Waals surface area contributed by atoms with Crippen LogP contribution in [0.3, 0.4) is 0 Å². The Bertz CT molecular complexity index is 1020. The topological polar surface area (TPSA) is 105 Å². The molecule has 1 fully saturated rings. The van der Waals surface area contributed by atoms with Crippen LogP contribution in [0.5, 0.6) is 0 Å². The molecule has 7 nitrogen and oxygen atoms in total. The van der Waals surface area contributed by atoms with Crippen molar-refractivity contribution in [2.75, 3.05) is 13.2 Å². The number of carbonyl (C=O) groups excluding carboxylic acids is 2. The Morgan fingerprint density at radius 1 is 1.00 bits per heavy atom. The van der Waals surface area contributed by atoms with Crippen molar-refractivity contribution in [3.63, 3.8) is 0 Å². The standard InChI is InChI=1S/C27H32N2O5/c1-16(2)25(26(32)28-14-18(13-24(30)31)17-11-12-17)29-27(33)34-15-23-21-9-5-3-7-19(21)20-8-4-6-10-22(20)23/h3-10,16-18,23,25H,11-15H2,1-2H3,(H,28,32)(H,29,33)(H,30,31)/t18?,25-/m1/s1. The second-order valence-electron chi connectivity index (χ2n) is 9.63. The van der Waals surface area contributed by atoms with Gasteiger partial charge in [-0.3, -0.25) is 9.59 Å². The van der Waals surface area contributed by atoms with Crippen molar-refractivity contribution < 1.29 is 24.2 Å². The molecule has 1 unspecified atom stereocenters. The molecule has 4 rings (SSSR count). The van der Waals surface area contributed by atoms with Crippen LogP contribution in [0.25, 0.3) is 11.1 Å². The fraction of sp³-hybridized carbons (Fsp3) is 0.444. The summed E-state index contributed by atoms with van der Waals surface area (Å²) in [7, 11) is 0. The molecule has 180 valence electrons. The largest absolute Gasteiger partial charge is 0.481 e. The van der Waals surface area contributed by atoms with E-state index in [-0.39, 0.29) is 36.7 Å². The van der Waals surface area contributed by atoms with Crippen LogP contribution in [-0.4, -0.2) is 42.3 Å². The number of carboxylic acid groups (broad SMARTS) is 1. The first-order chi connectivity index (χ1) is 16.3. The molecule has 3 N–H and O–H groups in total. The van der Waals surface area contributed by atoms with Crippen molar-refractivity contribution in [2.45, 2.75) is 45.1 Å². The number of hydrogen-bond donors (Lipinski definition) is 3. The lowest BCUT2D eigenvalue weighted by molar-refractivity contribution is -0.138. The van der Waals surface area contributed by atoms with E-state index in [1.165, 1.54) is 0 Å². The first-order valence-corrected chi connectivity index (χ1v) is 12.0. The summed E-state index contributed by atoms with van der Waals surface area (Å²) >= 11 is 0. The van der Waals surface area contributed by atoms with E-state index in [1.807, 2.05) is 38.1 Å². The van der Waals surface area contributed by atoms with Crippen LogP contribution < -0.4 is 10.6 Å². The van der Waals surface area contributed by atoms with Gasteiger partial charge in [-0.2, -0.15) is 0 Å². The number of rotatable bonds is 10. The van der Waals surface area contributed by atoms with Crippen LogP contribution in [0.15, 0.2) is 48.5 Å². The van der Waals surface area contributed by atoms with Crippen molar-refractivity contribution >= 4 is 18.0 Å². The van der Waals surface area contributed by atoms with Gasteiger partial charge in [-0.1, -0.05) is 62.4 Å². The van der Waals surface area contributed by atoms with E-state index in [0.717, 1.165) is 35.1 Å². The number of amides is 2. The quantitative estimate of drug-likeness (QED) is 0.490. The van der Waals surface area contributed by atoms with E-state index in [9.17, 15) is 14.4 Å². The van der Waals surface area contributed by atoms with Gasteiger partial charge in [0.2, 0.25) is 5.91 Å². The fourth-order valence-corrected chi connectivity index (χ4v) is 4.84. The van der Waals surface area contributed by atoms with Gasteiger partial charge in [-0.25, -0.2) is 4.79 Å². The highest BCUT2D eigenvalue weighted by Crippen LogP contribution is 2.44. The van der Waals surface area contributed by atoms with E-state index in [0.29, 0.717) is 12.5 Å². The number of aliphatic carboxylic acids is 1. The molecule has 0 radical (unpaired) electrons. The number of nitrogens with one attached hydrogen (secondary N) is 2. The summed E-state index contributed by atoms with van der Waals surface area (Å²) in [5.41, 5.74) is 4.55. The van der Waals surface area contributed by atoms with Crippen LogP contribution in [-0.2, 0) is 14.3 Å². The number of ether oxygens (including phenoxy) is 1. The molecule has 0 bridgehead atoms. The zero-order valence-corrected chi connectivity index (χ0v) is 19.6. The Hall–Kier alpha value is -3.35. The van der Waals surface area contributed by atoms with Crippen molar-refractivity contribution in [2.24, 2.45) is 17.8 Å². The summed E-state index contributed by atoms with van der Waals surface area (Å²) < 4.78 is 5.59. The molecule has 2 aromatic carbocycles. The van der Waals surface area contributed by atoms with Crippen LogP contribution >= 0.6 is 0 Å². The number of fused-ring (bicyclic) bond motifs is 3. The third kappa shape index (κ3) is 5.41. The predicted octanol–water partition coefficient (Wildman–Crippen LogP) is 4.17. The summed E-state index contributed by atoms with van der Waals surface area (Å²) in [6.45, 7) is 4.17. The Balaban J connectivity index is 1.34. The highest BCUT2D eigenvalue weighted by atomic mass is 16.5. The maximum absolute atomic E-state index is 12.8. The van der Waals surface area contributed by atoms with E-state index in [1.54, 1.807) is 0 Å². The molecule has 34 heavy (non-hydrogen) atoms. The van der Waals surface area contributed by atoms with E-state index < -0.39 is 18.1 Å². The average Bonchev–Trinajstić information content (AvgIpc) is 3.61. The molecule has 1 saturated carbocycles. The Labute approximate surface area is 199 Å². The van der Waals surface area contributed by atoms with Crippen LogP contribution in [0.2, 0.25) is 0 Å². The molecule has 0 spiro atoms. The van der Waals surface area contributed by atoms with Gasteiger partial charge in [0.1, 0.15) is 12.6 Å². The maximum Gasteiger partial charge on any atom is 0.407 e. The number of alkyl carbamates (subject to hydrolysis) is 1. The summed E-state index contributed by atoms with van der Waals surface area (Å²) in [5.74, 6) is -1.12. The molecular formula is C27H32N2O5. The van der Waals surface area contributed by atoms with Crippen molar-refractivity contribution in [1.82, 2.24) is 10.6 Å². The molecule has 0 aliphatic heterocycles. The van der Waals surface area contributed by atoms with Crippen LogP contribution in [0.4, 0.5) is 4.79 Å². The molecule has 2 amide bonds. The predicted molar refractivity (Wildman–Crippen MR) is 128 cm³/mol. The Morgan fingerprint density at radius 2 is 1.59 bits per heavy atom. The minimum atomic E-state index is -0.858. The number of hydrogen-bond acceptors (Lipinski definition) is 4. The fourth-order valence-electron chi connectivity index (χ4n) is 4.84. The summed E-state index contributed by atoms with van der Waals surface area (Å²) in [5, 5.41) is 14.7. The first-order valence-electron chi connectivity index (χ1n) is 12.0. The molecule has 0 saturated heterocycles. The second-order valence-corrected chi connectivity index (χ2v) is 9.63. The van der Waals surface area contributed by atoms with Gasteiger partial charge in [0.25, 0.3) is 0 Å². The smallest absolute Gasteiger partial charge is 0.407 e. The molecule has 0 heterocycles. The third-order valence-corrected chi connectivity index (χ3v) is 6.83. The molecule has 2 aliphatic rings. The van der Waals surface area contributed by atoms with Crippen LogP contribution in [0.1, 0.15) is 50.2 Å². The lowest BCUT2D eigenvalue weighted by atomic mass is 9.98. The number of benzene rings is 2. The number of carbonyl (C=O) groups is 3. The highest BCUT2D eigenvalue weighted by molar-refractivity contribution is 5.86. The molecule has 2 aliphatic carbocycles. The lowest BCUT2D eigenvalue weighted by Gasteiger charge is -2.23. The summed E-state index contributed by atoms with van der Waals surface area (Å²) in [6, 6.07) is 15.5. The van der Waals surface area contributed by atoms with Crippen molar-refractivity contribution in [3.05, 3.63) is 59.7 Å². The van der Waals surface area contributed by atoms with Crippen molar-refractivity contribution in [3.8, 4) is 11.1 Å². The molecular weight excluding hydrogens is 432 g/mol. The summed E-state index contributed by atoms with van der Waals surface area (Å²) in [4.78, 5) is 36.6. The molecule has 0 aromatic heterocycles. The SMILES string of the molecule is CC(C)[C@@H](NC(=O)OCC1c2ccccc2-c2ccccc21)C(=O)NCC(CC(=O)O)C1CC1. The molecule has 7 heteroatoms. The van der Waals surface area contributed by atoms with E-state index >= 15 is 0 Å². The molecule has 2 aromatic rings. The van der Waals surface area contributed by atoms with Gasteiger partial charge in [-0.15, -0.1) is 0 Å². The van der Waals surface area contributed by atoms with Gasteiger partial charge in [0, 0.05) is 12.5 Å². The monoisotopic (exact) mass is 464 g/mol. The lowest BCUT2D eigenvalue weighted by Crippen LogP contribution is -2.51. The molecule has 2 atom stereocenters. The minimum absolute atomic E-state index is 0.0388. The average molecular weight is 465 g/mol. The van der Waals surface area contributed by atoms with Crippen molar-refractivity contribution in [1.29, 1.82) is 0 Å². The van der Waals surface area contributed by atoms with Gasteiger partial charge < -0.3 is 20.5 Å². The Morgan fingerprint density at radius 3 is 2.12 bits per heavy atom. The highest BCUT2D eigenvalue weighted by Gasteiger charge is 2.34. The van der Waals surface area contributed by atoms with E-state index in [4.69, 9.17) is 9.84 Å². The Kier molecular flexibility index (Phi) is 7.20. The zero-order valence-electron chi connectivity index (χ0n) is 19.6. The van der Waals surface area contributed by atoms with Gasteiger partial charge in [0.05, 0.1) is 6.42 Å². The normalized spacial score (nSPS) is 16.3. The first kappa shape index (κ1) is 23.8. The van der Waals surface area contributed by atoms with Crippen LogP contribution in [0, 0.1) is 17.8 Å². The summed E-state index contributed by atoms with van der Waals surface area (Å²) in [6.07, 6.45) is 1.40. The maximum atomic E-state index is 12.8. The van der Waals surface area contributed by atoms with Gasteiger partial charge in [-0.05, 0) is 52.8 Å². The third-order valence-electron chi connectivity index (χ3n) is 6.83.